The molecule has 2 aromatic heterocycles. The first-order valence-electron chi connectivity index (χ1n) is 18.0. The van der Waals surface area contributed by atoms with Gasteiger partial charge in [-0.1, -0.05) is 18.7 Å². The van der Waals surface area contributed by atoms with E-state index in [0.29, 0.717) is 23.7 Å². The van der Waals surface area contributed by atoms with Crippen LogP contribution >= 0.6 is 27.7 Å². The van der Waals surface area contributed by atoms with Gasteiger partial charge in [0.1, 0.15) is 6.33 Å². The number of nitrogens with two attached hydrogens (primary N) is 1. The number of amides is 1. The van der Waals surface area contributed by atoms with Crippen LogP contribution in [0.25, 0.3) is 11.2 Å². The molecule has 0 radical (unpaired) electrons. The third-order valence-corrected chi connectivity index (χ3v) is 11.4. The van der Waals surface area contributed by atoms with Gasteiger partial charge in [-0.2, -0.15) is 0 Å². The Morgan fingerprint density at radius 3 is 2.33 bits per heavy atom. The van der Waals surface area contributed by atoms with Crippen molar-refractivity contribution in [3.63, 3.8) is 0 Å². The van der Waals surface area contributed by atoms with Crippen LogP contribution < -0.4 is 20.1 Å². The van der Waals surface area contributed by atoms with Crippen LogP contribution in [0.2, 0.25) is 0 Å². The second-order valence-electron chi connectivity index (χ2n) is 12.7. The van der Waals surface area contributed by atoms with Gasteiger partial charge in [0, 0.05) is 48.3 Å². The van der Waals surface area contributed by atoms with Crippen LogP contribution in [0.4, 0.5) is 5.82 Å². The molecular weight excluding hydrogens is 758 g/mol. The smallest absolute Gasteiger partial charge is 0.335 e. The van der Waals surface area contributed by atoms with E-state index in [2.05, 4.69) is 56.0 Å². The molecule has 0 aliphatic carbocycles. The van der Waals surface area contributed by atoms with E-state index in [-0.39, 0.29) is 25.5 Å². The molecule has 2 fully saturated rings. The van der Waals surface area contributed by atoms with Crippen LogP contribution in [0.5, 0.6) is 11.5 Å². The van der Waals surface area contributed by atoms with E-state index in [0.717, 1.165) is 70.6 Å². The number of esters is 1. The number of nitrogens with zero attached hydrogens (tertiary/aromatic N) is 5. The normalized spacial score (nSPS) is 19.9. The molecule has 6 rings (SSSR count). The van der Waals surface area contributed by atoms with E-state index >= 15 is 0 Å². The molecule has 3 unspecified atom stereocenters. The zero-order valence-corrected chi connectivity index (χ0v) is 33.1. The zero-order chi connectivity index (χ0) is 37.8. The second kappa shape index (κ2) is 20.3. The van der Waals surface area contributed by atoms with Gasteiger partial charge in [-0.3, -0.25) is 4.79 Å². The fourth-order valence-electron chi connectivity index (χ4n) is 6.20. The maximum absolute atomic E-state index is 12.0. The van der Waals surface area contributed by atoms with Crippen molar-refractivity contribution in [3.05, 3.63) is 22.9 Å². The van der Waals surface area contributed by atoms with Crippen molar-refractivity contribution < 1.29 is 43.6 Å². The Kier molecular flexibility index (Phi) is 16.2. The predicted octanol–water partition coefficient (Wildman–Crippen LogP) is 3.04. The third kappa shape index (κ3) is 11.1. The number of carbonyl (C=O) groups is 2. The highest BCUT2D eigenvalue weighted by Gasteiger charge is 2.32. The molecule has 5 heterocycles. The van der Waals surface area contributed by atoms with Gasteiger partial charge in [-0.25, -0.2) is 19.7 Å². The summed E-state index contributed by atoms with van der Waals surface area (Å²) < 4.78 is 23.3. The molecule has 0 saturated carbocycles. The number of aliphatic hydroxyl groups is 2. The first-order chi connectivity index (χ1) is 25.0. The summed E-state index contributed by atoms with van der Waals surface area (Å²) in [6.45, 7) is 15.1. The van der Waals surface area contributed by atoms with Crippen LogP contribution in [0.3, 0.4) is 0 Å². The van der Waals surface area contributed by atoms with Gasteiger partial charge in [0.25, 0.3) is 0 Å². The number of piperidine rings is 1. The fourth-order valence-corrected chi connectivity index (χ4v) is 7.71. The van der Waals surface area contributed by atoms with Crippen molar-refractivity contribution in [2.45, 2.75) is 101 Å². The van der Waals surface area contributed by atoms with E-state index in [1.54, 1.807) is 4.90 Å². The highest BCUT2D eigenvalue weighted by atomic mass is 79.9. The Labute approximate surface area is 317 Å². The quantitative estimate of drug-likeness (QED) is 0.219. The van der Waals surface area contributed by atoms with E-state index in [1.165, 1.54) is 44.8 Å². The first-order valence-corrected chi connectivity index (χ1v) is 19.6. The highest BCUT2D eigenvalue weighted by Crippen LogP contribution is 2.43. The van der Waals surface area contributed by atoms with Crippen molar-refractivity contribution in [1.82, 2.24) is 24.4 Å². The first kappa shape index (κ1) is 41.5. The van der Waals surface area contributed by atoms with Gasteiger partial charge in [0.15, 0.2) is 46.0 Å². The number of ether oxygens (including phenoxy) is 4. The van der Waals surface area contributed by atoms with E-state index < -0.39 is 24.5 Å². The maximum Gasteiger partial charge on any atom is 0.335 e. The molecule has 3 aromatic rings. The average molecular weight is 812 g/mol. The van der Waals surface area contributed by atoms with E-state index in [9.17, 15) is 9.59 Å². The topological polar surface area (TPSA) is 189 Å². The summed E-state index contributed by atoms with van der Waals surface area (Å²) in [7, 11) is 1.24. The van der Waals surface area contributed by atoms with E-state index in [1.807, 2.05) is 24.0 Å². The molecule has 5 N–H and O–H groups in total. The minimum atomic E-state index is -1.07. The number of rotatable bonds is 10. The summed E-state index contributed by atoms with van der Waals surface area (Å²) >= 11 is 5.17. The molecule has 1 aromatic carbocycles. The summed E-state index contributed by atoms with van der Waals surface area (Å²) in [6, 6.07) is 3.87. The molecule has 3 aliphatic heterocycles. The lowest BCUT2D eigenvalue weighted by Gasteiger charge is -2.32. The van der Waals surface area contributed by atoms with Gasteiger partial charge >= 0.3 is 5.97 Å². The number of nitrogens with one attached hydrogen (secondary N) is 1. The number of fused-ring (bicyclic) bond motifs is 2. The second-order valence-corrected chi connectivity index (χ2v) is 14.6. The standard InChI is InChI=1S/C22H25BrN6O3S.C7H12O5.C6H15N/c1-2-18(30)28-6-3-13(4-7-28)5-8-29-21-19(20(24)25-11-26-21)27-22(29)33-17-10-16-15(9-14(17)23)31-12-32-16;1-11-7(10)5-2-4(8)3-6(9)12-5;1-4-7(5-2)6-3/h9-11,13H,2-8,12H2,1H3,(H2,24,25,26);4-6,8-9H,2-3H2,1H3;4-6H2,1-3H3/p+1. The Morgan fingerprint density at radius 1 is 1.06 bits per heavy atom. The Morgan fingerprint density at radius 2 is 1.73 bits per heavy atom. The van der Waals surface area contributed by atoms with Gasteiger partial charge in [0.2, 0.25) is 12.7 Å². The minimum absolute atomic E-state index is 0.146. The number of aliphatic hydroxyl groups excluding tert-OH is 2. The van der Waals surface area contributed by atoms with E-state index in [4.69, 9.17) is 35.1 Å². The average Bonchev–Trinajstić information content (AvgIpc) is 3.75. The number of carbonyl (C=O) groups excluding carboxylic acids is 2. The van der Waals surface area contributed by atoms with Crippen molar-refractivity contribution in [1.29, 1.82) is 0 Å². The zero-order valence-electron chi connectivity index (χ0n) is 30.7. The number of quaternary nitrogens is 1. The summed E-state index contributed by atoms with van der Waals surface area (Å²) in [4.78, 5) is 40.9. The van der Waals surface area contributed by atoms with Crippen molar-refractivity contribution in [3.8, 4) is 11.5 Å². The molecule has 288 valence electrons. The molecule has 17 heteroatoms. The van der Waals surface area contributed by atoms with Gasteiger partial charge in [-0.05, 0) is 74.0 Å². The van der Waals surface area contributed by atoms with Crippen LogP contribution in [0.15, 0.2) is 33.0 Å². The number of halogens is 1. The lowest BCUT2D eigenvalue weighted by molar-refractivity contribution is -0.894. The molecule has 1 amide bonds. The number of methoxy groups -OCH3 is 1. The van der Waals surface area contributed by atoms with Crippen molar-refractivity contribution in [2.75, 3.05) is 52.4 Å². The van der Waals surface area contributed by atoms with Crippen LogP contribution in [0, 0.1) is 5.92 Å². The van der Waals surface area contributed by atoms with Gasteiger partial charge in [0.05, 0.1) is 32.8 Å². The predicted molar refractivity (Wildman–Crippen MR) is 199 cm³/mol. The number of hydrogen-bond donors (Lipinski definition) is 4. The van der Waals surface area contributed by atoms with Crippen molar-refractivity contribution >= 4 is 56.6 Å². The largest absolute Gasteiger partial charge is 0.467 e. The highest BCUT2D eigenvalue weighted by molar-refractivity contribution is 9.10. The molecule has 0 spiro atoms. The number of anilines is 1. The minimum Gasteiger partial charge on any atom is -0.467 e. The van der Waals surface area contributed by atoms with Gasteiger partial charge in [-0.15, -0.1) is 0 Å². The fraction of sp³-hybridized carbons (Fsp3) is 0.629. The third-order valence-electron chi connectivity index (χ3n) is 9.43. The van der Waals surface area contributed by atoms with Crippen molar-refractivity contribution in [2.24, 2.45) is 5.92 Å². The summed E-state index contributed by atoms with van der Waals surface area (Å²) in [6.07, 6.45) is 2.80. The van der Waals surface area contributed by atoms with Gasteiger partial charge < -0.3 is 49.3 Å². The van der Waals surface area contributed by atoms with Crippen LogP contribution in [-0.4, -0.2) is 112 Å². The molecule has 2 saturated heterocycles. The summed E-state index contributed by atoms with van der Waals surface area (Å²) in [5.41, 5.74) is 7.46. The molecule has 3 aliphatic rings. The monoisotopic (exact) mass is 810 g/mol. The Hall–Kier alpha value is -3.22. The lowest BCUT2D eigenvalue weighted by atomic mass is 9.93. The molecule has 52 heavy (non-hydrogen) atoms. The number of benzene rings is 1. The number of aromatic nitrogens is 4. The number of nitrogen functional groups attached to an aromatic ring is 1. The van der Waals surface area contributed by atoms with Crippen LogP contribution in [-0.2, 0) is 25.6 Å². The van der Waals surface area contributed by atoms with Crippen LogP contribution in [0.1, 0.15) is 66.2 Å². The number of imidazole rings is 1. The SMILES string of the molecule is CCC(=O)N1CCC(CCn2c(Sc3cc4c(cc3Br)OCO4)nc3c(N)ncnc32)CC1.CC[NH+](CC)CC.COC(=O)C1CC(O)CC(O)O1. The number of aryl methyl sites for hydroxylation is 1. The molecule has 0 bridgehead atoms. The number of hydrogen-bond acceptors (Lipinski definition) is 13. The Bertz CT molecular complexity index is 1600. The summed E-state index contributed by atoms with van der Waals surface area (Å²) in [5.74, 6) is 2.05. The molecule has 3 atom stereocenters. The summed E-state index contributed by atoms with van der Waals surface area (Å²) in [5, 5.41) is 19.0. The molecule has 15 nitrogen and oxygen atoms in total. The number of likely N-dealkylation sites (tertiary alicyclic amines) is 1. The molecular formula is C35H53BrN7O8S+. The lowest BCUT2D eigenvalue weighted by Crippen LogP contribution is -3.11. The Balaban J connectivity index is 0.000000262. The maximum atomic E-state index is 12.0.